The maximum absolute atomic E-state index is 12.2. The van der Waals surface area contributed by atoms with Gasteiger partial charge in [0.05, 0.1) is 5.39 Å². The third-order valence-corrected chi connectivity index (χ3v) is 3.80. The van der Waals surface area contributed by atoms with Crippen LogP contribution in [-0.2, 0) is 0 Å². The molecule has 0 aliphatic rings. The molecule has 0 unspecified atom stereocenters. The Balaban J connectivity index is 2.72. The number of phenolic OH excluding ortho intramolecular Hbond substituents is 2. The van der Waals surface area contributed by atoms with Crippen molar-refractivity contribution in [2.24, 2.45) is 0 Å². The van der Waals surface area contributed by atoms with Gasteiger partial charge in [0.1, 0.15) is 17.1 Å². The van der Waals surface area contributed by atoms with E-state index in [1.165, 1.54) is 0 Å². The molecule has 0 spiro atoms. The van der Waals surface area contributed by atoms with Gasteiger partial charge in [0, 0.05) is 21.9 Å². The highest BCUT2D eigenvalue weighted by Crippen LogP contribution is 2.35. The van der Waals surface area contributed by atoms with E-state index in [-0.39, 0.29) is 11.5 Å². The van der Waals surface area contributed by atoms with Crippen LogP contribution in [0.3, 0.4) is 0 Å². The quantitative estimate of drug-likeness (QED) is 0.486. The Labute approximate surface area is 114 Å². The minimum absolute atomic E-state index is 0.0807. The van der Waals surface area contributed by atoms with E-state index in [0.29, 0.717) is 22.1 Å². The fourth-order valence-electron chi connectivity index (χ4n) is 2.65. The van der Waals surface area contributed by atoms with Gasteiger partial charge in [0.2, 0.25) is 0 Å². The molecule has 102 valence electrons. The number of aryl methyl sites for hydroxylation is 3. The Kier molecular flexibility index (Phi) is 2.51. The smallest absolute Gasteiger partial charge is 0.344 e. The summed E-state index contributed by atoms with van der Waals surface area (Å²) in [6.45, 7) is 5.23. The van der Waals surface area contributed by atoms with E-state index in [2.05, 4.69) is 0 Å². The number of fused-ring (bicyclic) bond motifs is 3. The van der Waals surface area contributed by atoms with Crippen LogP contribution in [0.25, 0.3) is 21.7 Å². The topological polar surface area (TPSA) is 70.7 Å². The summed E-state index contributed by atoms with van der Waals surface area (Å²) in [6, 6.07) is 4.95. The molecule has 0 saturated carbocycles. The Bertz CT molecular complexity index is 920. The van der Waals surface area contributed by atoms with Crippen molar-refractivity contribution in [1.82, 2.24) is 0 Å². The Morgan fingerprint density at radius 1 is 0.950 bits per heavy atom. The predicted octanol–water partition coefficient (Wildman–Crippen LogP) is 3.28. The normalized spacial score (nSPS) is 11.3. The van der Waals surface area contributed by atoms with E-state index in [9.17, 15) is 15.0 Å². The van der Waals surface area contributed by atoms with Gasteiger partial charge in [-0.15, -0.1) is 0 Å². The van der Waals surface area contributed by atoms with Gasteiger partial charge in [0.25, 0.3) is 0 Å². The van der Waals surface area contributed by atoms with Gasteiger partial charge in [0.15, 0.2) is 0 Å². The number of hydrogen-bond acceptors (Lipinski definition) is 4. The second-order valence-electron chi connectivity index (χ2n) is 5.06. The molecule has 0 bridgehead atoms. The molecule has 0 atom stereocenters. The third kappa shape index (κ3) is 1.51. The van der Waals surface area contributed by atoms with Gasteiger partial charge in [-0.1, -0.05) is 0 Å². The van der Waals surface area contributed by atoms with Crippen molar-refractivity contribution in [2.75, 3.05) is 0 Å². The zero-order chi connectivity index (χ0) is 14.6. The van der Waals surface area contributed by atoms with Gasteiger partial charge in [-0.05, 0) is 44.5 Å². The van der Waals surface area contributed by atoms with Crippen molar-refractivity contribution in [3.05, 3.63) is 45.3 Å². The molecular weight excluding hydrogens is 256 g/mol. The first kappa shape index (κ1) is 12.5. The molecule has 0 aliphatic heterocycles. The predicted molar refractivity (Wildman–Crippen MR) is 77.5 cm³/mol. The van der Waals surface area contributed by atoms with Gasteiger partial charge in [-0.3, -0.25) is 0 Å². The van der Waals surface area contributed by atoms with Crippen LogP contribution in [-0.4, -0.2) is 10.2 Å². The van der Waals surface area contributed by atoms with E-state index < -0.39 is 5.63 Å². The lowest BCUT2D eigenvalue weighted by Gasteiger charge is -2.11. The molecule has 4 heteroatoms. The standard InChI is InChI=1S/C16H14O4/c1-7-6-12(18)8(2)14-13(7)10-4-5-11(17)9(3)15(10)20-16(14)19/h4-6,17-18H,1-3H3. The number of hydrogen-bond donors (Lipinski definition) is 2. The molecule has 1 heterocycles. The molecule has 4 nitrogen and oxygen atoms in total. The van der Waals surface area contributed by atoms with Crippen LogP contribution in [0, 0.1) is 20.8 Å². The maximum atomic E-state index is 12.2. The van der Waals surface area contributed by atoms with Gasteiger partial charge in [-0.2, -0.15) is 0 Å². The summed E-state index contributed by atoms with van der Waals surface area (Å²) in [4.78, 5) is 12.2. The first-order valence-corrected chi connectivity index (χ1v) is 6.30. The van der Waals surface area contributed by atoms with Crippen molar-refractivity contribution in [3.63, 3.8) is 0 Å². The summed E-state index contributed by atoms with van der Waals surface area (Å²) < 4.78 is 5.35. The molecule has 0 aliphatic carbocycles. The second-order valence-corrected chi connectivity index (χ2v) is 5.06. The molecule has 2 N–H and O–H groups in total. The fourth-order valence-corrected chi connectivity index (χ4v) is 2.65. The molecule has 3 rings (SSSR count). The fraction of sp³-hybridized carbons (Fsp3) is 0.188. The largest absolute Gasteiger partial charge is 0.508 e. The van der Waals surface area contributed by atoms with Crippen molar-refractivity contribution < 1.29 is 14.6 Å². The van der Waals surface area contributed by atoms with Crippen molar-refractivity contribution in [1.29, 1.82) is 0 Å². The summed E-state index contributed by atoms with van der Waals surface area (Å²) in [5, 5.41) is 21.5. The lowest BCUT2D eigenvalue weighted by atomic mass is 9.97. The second kappa shape index (κ2) is 4.00. The molecular formula is C16H14O4. The molecule has 2 aromatic carbocycles. The molecule has 1 aromatic heterocycles. The minimum Gasteiger partial charge on any atom is -0.508 e. The summed E-state index contributed by atoms with van der Waals surface area (Å²) in [5.74, 6) is 0.172. The first-order chi connectivity index (χ1) is 9.41. The molecule has 20 heavy (non-hydrogen) atoms. The van der Waals surface area contributed by atoms with Crippen LogP contribution in [0.15, 0.2) is 27.4 Å². The van der Waals surface area contributed by atoms with Gasteiger partial charge < -0.3 is 14.6 Å². The molecule has 0 radical (unpaired) electrons. The number of aromatic hydroxyl groups is 2. The maximum Gasteiger partial charge on any atom is 0.344 e. The van der Waals surface area contributed by atoms with Gasteiger partial charge >= 0.3 is 5.63 Å². The van der Waals surface area contributed by atoms with Crippen LogP contribution in [0.1, 0.15) is 16.7 Å². The van der Waals surface area contributed by atoms with Crippen molar-refractivity contribution >= 4 is 21.7 Å². The summed E-state index contributed by atoms with van der Waals surface area (Å²) >= 11 is 0. The summed E-state index contributed by atoms with van der Waals surface area (Å²) in [7, 11) is 0. The lowest BCUT2D eigenvalue weighted by molar-refractivity contribution is 0.467. The zero-order valence-electron chi connectivity index (χ0n) is 11.4. The molecule has 3 aromatic rings. The van der Waals surface area contributed by atoms with Crippen LogP contribution in [0.5, 0.6) is 11.5 Å². The van der Waals surface area contributed by atoms with E-state index in [1.54, 1.807) is 32.0 Å². The molecule has 0 saturated heterocycles. The van der Waals surface area contributed by atoms with Gasteiger partial charge in [-0.25, -0.2) is 4.79 Å². The Morgan fingerprint density at radius 2 is 1.65 bits per heavy atom. The lowest BCUT2D eigenvalue weighted by Crippen LogP contribution is -2.04. The van der Waals surface area contributed by atoms with E-state index in [0.717, 1.165) is 16.3 Å². The van der Waals surface area contributed by atoms with Crippen molar-refractivity contribution in [2.45, 2.75) is 20.8 Å². The Morgan fingerprint density at radius 3 is 2.35 bits per heavy atom. The third-order valence-electron chi connectivity index (χ3n) is 3.80. The van der Waals surface area contributed by atoms with Crippen LogP contribution >= 0.6 is 0 Å². The number of rotatable bonds is 0. The van der Waals surface area contributed by atoms with Crippen LogP contribution < -0.4 is 5.63 Å². The summed E-state index contributed by atoms with van der Waals surface area (Å²) in [5.41, 5.74) is 1.72. The first-order valence-electron chi connectivity index (χ1n) is 6.30. The minimum atomic E-state index is -0.502. The molecule has 0 fully saturated rings. The monoisotopic (exact) mass is 270 g/mol. The Hall–Kier alpha value is -2.49. The summed E-state index contributed by atoms with van der Waals surface area (Å²) in [6.07, 6.45) is 0. The highest BCUT2D eigenvalue weighted by Gasteiger charge is 2.16. The van der Waals surface area contributed by atoms with Crippen molar-refractivity contribution in [3.8, 4) is 11.5 Å². The highest BCUT2D eigenvalue weighted by molar-refractivity contribution is 6.08. The van der Waals surface area contributed by atoms with Crippen LogP contribution in [0.4, 0.5) is 0 Å². The SMILES string of the molecule is Cc1c(O)ccc2c1oc(=O)c1c(C)c(O)cc(C)c12. The molecule has 0 amide bonds. The number of benzene rings is 2. The highest BCUT2D eigenvalue weighted by atomic mass is 16.4. The average Bonchev–Trinajstić information content (AvgIpc) is 2.40. The van der Waals surface area contributed by atoms with E-state index in [1.807, 2.05) is 6.92 Å². The van der Waals surface area contributed by atoms with E-state index >= 15 is 0 Å². The van der Waals surface area contributed by atoms with E-state index in [4.69, 9.17) is 4.42 Å². The average molecular weight is 270 g/mol. The zero-order valence-corrected chi connectivity index (χ0v) is 11.4. The number of phenols is 2. The van der Waals surface area contributed by atoms with Crippen LogP contribution in [0.2, 0.25) is 0 Å².